The van der Waals surface area contributed by atoms with Crippen molar-refractivity contribution in [3.63, 3.8) is 0 Å². The number of nitrogens with two attached hydrogens (primary N) is 1. The average Bonchev–Trinajstić information content (AvgIpc) is 2.54. The molecule has 3 heteroatoms. The second kappa shape index (κ2) is 6.09. The number of hydrogen-bond donors (Lipinski definition) is 1. The number of methoxy groups -OCH3 is 1. The first-order valence-corrected chi connectivity index (χ1v) is 7.95. The van der Waals surface area contributed by atoms with Crippen LogP contribution in [0.1, 0.15) is 49.3 Å². The quantitative estimate of drug-likeness (QED) is 0.930. The molecule has 3 atom stereocenters. The lowest BCUT2D eigenvalue weighted by Crippen LogP contribution is -2.25. The third-order valence-electron chi connectivity index (χ3n) is 4.95. The fraction of sp³-hybridized carbons (Fsp3) is 0.421. The lowest BCUT2D eigenvalue weighted by Gasteiger charge is -2.33. The van der Waals surface area contributed by atoms with E-state index in [1.54, 1.807) is 7.11 Å². The molecule has 22 heavy (non-hydrogen) atoms. The van der Waals surface area contributed by atoms with Crippen molar-refractivity contribution in [1.82, 2.24) is 0 Å². The van der Waals surface area contributed by atoms with E-state index in [9.17, 15) is 4.79 Å². The number of benzene rings is 2. The number of amides is 1. The van der Waals surface area contributed by atoms with Crippen molar-refractivity contribution in [2.45, 2.75) is 38.2 Å². The van der Waals surface area contributed by atoms with E-state index in [1.165, 1.54) is 21.9 Å². The van der Waals surface area contributed by atoms with E-state index in [0.29, 0.717) is 5.92 Å². The molecule has 0 bridgehead atoms. The summed E-state index contributed by atoms with van der Waals surface area (Å²) in [5.41, 5.74) is 8.10. The van der Waals surface area contributed by atoms with E-state index in [2.05, 4.69) is 36.4 Å². The summed E-state index contributed by atoms with van der Waals surface area (Å²) in [6, 6.07) is 12.8. The monoisotopic (exact) mass is 297 g/mol. The maximum absolute atomic E-state index is 11.5. The van der Waals surface area contributed by atoms with Gasteiger partial charge < -0.3 is 10.5 Å². The van der Waals surface area contributed by atoms with Crippen LogP contribution in [0.25, 0.3) is 10.8 Å². The third kappa shape index (κ3) is 2.61. The molecule has 1 amide bonds. The van der Waals surface area contributed by atoms with E-state index >= 15 is 0 Å². The Balaban J connectivity index is 2.10. The number of rotatable bonds is 4. The molecule has 2 aromatic rings. The Bertz CT molecular complexity index is 695. The van der Waals surface area contributed by atoms with Gasteiger partial charge in [0.25, 0.3) is 0 Å². The van der Waals surface area contributed by atoms with Gasteiger partial charge in [-0.05, 0) is 47.1 Å². The van der Waals surface area contributed by atoms with Crippen LogP contribution in [0.3, 0.4) is 0 Å². The minimum absolute atomic E-state index is 0.101. The molecule has 3 rings (SSSR count). The first kappa shape index (κ1) is 15.0. The van der Waals surface area contributed by atoms with Gasteiger partial charge in [0, 0.05) is 13.0 Å². The van der Waals surface area contributed by atoms with Crippen LogP contribution in [0.5, 0.6) is 0 Å². The fourth-order valence-corrected chi connectivity index (χ4v) is 3.72. The summed E-state index contributed by atoms with van der Waals surface area (Å²) in [5, 5.41) is 2.53. The summed E-state index contributed by atoms with van der Waals surface area (Å²) in [5.74, 6) is 0.0570. The fourth-order valence-electron chi connectivity index (χ4n) is 3.72. The number of hydrogen-bond acceptors (Lipinski definition) is 2. The lowest BCUT2D eigenvalue weighted by atomic mass is 9.75. The molecule has 0 radical (unpaired) electrons. The molecule has 0 fully saturated rings. The molecule has 0 heterocycles. The Hall–Kier alpha value is -1.87. The predicted octanol–water partition coefficient (Wildman–Crippen LogP) is 3.92. The van der Waals surface area contributed by atoms with Crippen LogP contribution in [-0.4, -0.2) is 13.0 Å². The molecule has 0 aromatic heterocycles. The summed E-state index contributed by atoms with van der Waals surface area (Å²) >= 11 is 0. The summed E-state index contributed by atoms with van der Waals surface area (Å²) in [7, 11) is 1.77. The van der Waals surface area contributed by atoms with Crippen molar-refractivity contribution in [2.75, 3.05) is 7.11 Å². The predicted molar refractivity (Wildman–Crippen MR) is 88.6 cm³/mol. The third-order valence-corrected chi connectivity index (χ3v) is 4.95. The van der Waals surface area contributed by atoms with Crippen molar-refractivity contribution >= 4 is 16.7 Å². The molecule has 0 saturated carbocycles. The first-order valence-electron chi connectivity index (χ1n) is 7.95. The maximum atomic E-state index is 11.5. The normalized spacial score (nSPS) is 22.3. The smallest absolute Gasteiger partial charge is 0.220 e. The Morgan fingerprint density at radius 3 is 2.77 bits per heavy atom. The highest BCUT2D eigenvalue weighted by atomic mass is 16.5. The van der Waals surface area contributed by atoms with Gasteiger partial charge in [0.2, 0.25) is 5.91 Å². The molecule has 116 valence electrons. The maximum Gasteiger partial charge on any atom is 0.220 e. The number of fused-ring (bicyclic) bond motifs is 3. The van der Waals surface area contributed by atoms with Crippen LogP contribution in [0.15, 0.2) is 36.4 Å². The largest absolute Gasteiger partial charge is 0.377 e. The summed E-state index contributed by atoms with van der Waals surface area (Å²) in [4.78, 5) is 11.5. The molecule has 2 aromatic carbocycles. The first-order chi connectivity index (χ1) is 10.6. The van der Waals surface area contributed by atoms with E-state index in [1.807, 2.05) is 6.92 Å². The Morgan fingerprint density at radius 2 is 2.05 bits per heavy atom. The Kier molecular flexibility index (Phi) is 4.16. The zero-order valence-corrected chi connectivity index (χ0v) is 13.2. The van der Waals surface area contributed by atoms with Crippen molar-refractivity contribution in [3.8, 4) is 0 Å². The second-order valence-electron chi connectivity index (χ2n) is 6.33. The van der Waals surface area contributed by atoms with E-state index in [-0.39, 0.29) is 17.9 Å². The SMILES string of the molecule is COC1CCC(CC(C)C(N)=O)c2c1ccc1ccccc21. The van der Waals surface area contributed by atoms with Crippen molar-refractivity contribution in [3.05, 3.63) is 47.5 Å². The van der Waals surface area contributed by atoms with Crippen LogP contribution >= 0.6 is 0 Å². The van der Waals surface area contributed by atoms with Gasteiger partial charge in [0.15, 0.2) is 0 Å². The second-order valence-corrected chi connectivity index (χ2v) is 6.33. The molecule has 3 unspecified atom stereocenters. The molecular weight excluding hydrogens is 274 g/mol. The van der Waals surface area contributed by atoms with Crippen LogP contribution in [-0.2, 0) is 9.53 Å². The Morgan fingerprint density at radius 1 is 1.27 bits per heavy atom. The number of primary amides is 1. The zero-order valence-electron chi connectivity index (χ0n) is 13.2. The van der Waals surface area contributed by atoms with Crippen LogP contribution in [0.2, 0.25) is 0 Å². The minimum Gasteiger partial charge on any atom is -0.377 e. The van der Waals surface area contributed by atoms with Gasteiger partial charge >= 0.3 is 0 Å². The standard InChI is InChI=1S/C19H23NO2/c1-12(19(20)21)11-14-8-10-17(22-2)16-9-7-13-5-3-4-6-15(13)18(14)16/h3-7,9,12,14,17H,8,10-11H2,1-2H3,(H2,20,21). The summed E-state index contributed by atoms with van der Waals surface area (Å²) in [6.45, 7) is 1.93. The minimum atomic E-state index is -0.212. The van der Waals surface area contributed by atoms with E-state index < -0.39 is 0 Å². The van der Waals surface area contributed by atoms with E-state index in [4.69, 9.17) is 10.5 Å². The molecule has 0 spiro atoms. The molecule has 3 nitrogen and oxygen atoms in total. The highest BCUT2D eigenvalue weighted by molar-refractivity contribution is 5.87. The topological polar surface area (TPSA) is 52.3 Å². The van der Waals surface area contributed by atoms with Gasteiger partial charge in [-0.25, -0.2) is 0 Å². The zero-order chi connectivity index (χ0) is 15.7. The van der Waals surface area contributed by atoms with Gasteiger partial charge in [0.05, 0.1) is 6.10 Å². The number of carbonyl (C=O) groups excluding carboxylic acids is 1. The highest BCUT2D eigenvalue weighted by Gasteiger charge is 2.30. The van der Waals surface area contributed by atoms with E-state index in [0.717, 1.165) is 19.3 Å². The van der Waals surface area contributed by atoms with Crippen LogP contribution in [0, 0.1) is 5.92 Å². The van der Waals surface area contributed by atoms with Crippen molar-refractivity contribution < 1.29 is 9.53 Å². The molecular formula is C19H23NO2. The molecule has 0 saturated heterocycles. The summed E-state index contributed by atoms with van der Waals surface area (Å²) in [6.07, 6.45) is 3.00. The van der Waals surface area contributed by atoms with Gasteiger partial charge in [-0.1, -0.05) is 43.3 Å². The van der Waals surface area contributed by atoms with Gasteiger partial charge in [-0.2, -0.15) is 0 Å². The number of ether oxygens (including phenoxy) is 1. The van der Waals surface area contributed by atoms with Gasteiger partial charge in [-0.15, -0.1) is 0 Å². The number of carbonyl (C=O) groups is 1. The van der Waals surface area contributed by atoms with Crippen LogP contribution < -0.4 is 5.73 Å². The van der Waals surface area contributed by atoms with Crippen molar-refractivity contribution in [1.29, 1.82) is 0 Å². The Labute approximate surface area is 131 Å². The molecule has 0 aliphatic heterocycles. The van der Waals surface area contributed by atoms with Crippen molar-refractivity contribution in [2.24, 2.45) is 11.7 Å². The van der Waals surface area contributed by atoms with Crippen LogP contribution in [0.4, 0.5) is 0 Å². The van der Waals surface area contributed by atoms with Gasteiger partial charge in [0.1, 0.15) is 0 Å². The molecule has 2 N–H and O–H groups in total. The summed E-state index contributed by atoms with van der Waals surface area (Å²) < 4.78 is 5.68. The van der Waals surface area contributed by atoms with Gasteiger partial charge in [-0.3, -0.25) is 4.79 Å². The molecule has 1 aliphatic carbocycles. The average molecular weight is 297 g/mol. The lowest BCUT2D eigenvalue weighted by molar-refractivity contribution is -0.121. The molecule has 1 aliphatic rings. The highest BCUT2D eigenvalue weighted by Crippen LogP contribution is 2.45.